The number of guanidine groups is 1. The highest BCUT2D eigenvalue weighted by Gasteiger charge is 2.65. The van der Waals surface area contributed by atoms with Crippen molar-refractivity contribution < 1.29 is 33.9 Å². The number of amides is 5. The first-order chi connectivity index (χ1) is 22.7. The lowest BCUT2D eigenvalue weighted by atomic mass is 9.64. The zero-order chi connectivity index (χ0) is 35.2. The summed E-state index contributed by atoms with van der Waals surface area (Å²) in [5.74, 6) is -6.47. The summed E-state index contributed by atoms with van der Waals surface area (Å²) < 4.78 is 0. The summed E-state index contributed by atoms with van der Waals surface area (Å²) in [6.45, 7) is 5.54. The van der Waals surface area contributed by atoms with E-state index in [0.29, 0.717) is 18.4 Å². The van der Waals surface area contributed by atoms with Gasteiger partial charge < -0.3 is 43.2 Å². The van der Waals surface area contributed by atoms with Crippen LogP contribution >= 0.6 is 0 Å². The Morgan fingerprint density at radius 2 is 1.60 bits per heavy atom. The average molecular weight is 669 g/mol. The Bertz CT molecular complexity index is 1430. The standard InChI is InChI=1S/C33H48N8O7/c1-18(2)21-12-11-19(3)15-32(21)29(47)38-23(10-7-13-36-31(34)35)26(43)37-17-25(42)40-33(16-22(33)28(45)46)30(48)39-24(27(44)41-32)14-20-8-5-4-6-9-20/h4-6,8-9,18-19,21-24H,7,10-17H2,1-3H3,(H,37,43)(H,38,47)(H,39,48)(H,40,42)(H,41,44)(H,45,46)(H4,34,35,36)/t19-,21+,22?,23-,24+,32?,33+/m0/s1. The number of rotatable bonds is 8. The van der Waals surface area contributed by atoms with Crippen molar-refractivity contribution in [2.24, 2.45) is 40.1 Å². The fourth-order valence-electron chi connectivity index (χ4n) is 7.18. The number of benzene rings is 1. The van der Waals surface area contributed by atoms with Crippen LogP contribution in [0.5, 0.6) is 0 Å². The van der Waals surface area contributed by atoms with Crippen molar-refractivity contribution in [1.29, 1.82) is 0 Å². The molecule has 10 N–H and O–H groups in total. The SMILES string of the molecule is CC(C)[C@H]1CC[C@H](C)CC12NC(=O)[C@@H](Cc1ccccc1)NC(=O)[C@]1(CC1C(=O)O)NC(=O)CNC(=O)[C@H](CCCN=C(N)N)NC2=O. The minimum absolute atomic E-state index is 0.0350. The third-order valence-electron chi connectivity index (χ3n) is 9.75. The van der Waals surface area contributed by atoms with Gasteiger partial charge >= 0.3 is 5.97 Å². The summed E-state index contributed by atoms with van der Waals surface area (Å²) in [6, 6.07) is 6.61. The Balaban J connectivity index is 1.79. The Morgan fingerprint density at radius 3 is 2.23 bits per heavy atom. The lowest BCUT2D eigenvalue weighted by Gasteiger charge is -2.48. The summed E-state index contributed by atoms with van der Waals surface area (Å²) in [6.07, 6.45) is 2.01. The second-order valence-electron chi connectivity index (χ2n) is 13.7. The summed E-state index contributed by atoms with van der Waals surface area (Å²) in [5, 5.41) is 23.5. The number of nitrogens with zero attached hydrogens (tertiary/aromatic N) is 1. The number of carboxylic acid groups (broad SMARTS) is 1. The molecule has 15 nitrogen and oxygen atoms in total. The van der Waals surface area contributed by atoms with E-state index >= 15 is 0 Å². The minimum Gasteiger partial charge on any atom is -0.481 e. The van der Waals surface area contributed by atoms with Crippen molar-refractivity contribution in [2.75, 3.05) is 13.1 Å². The summed E-state index contributed by atoms with van der Waals surface area (Å²) >= 11 is 0. The smallest absolute Gasteiger partial charge is 0.309 e. The van der Waals surface area contributed by atoms with Gasteiger partial charge in [-0.3, -0.25) is 33.8 Å². The van der Waals surface area contributed by atoms with E-state index in [1.165, 1.54) is 0 Å². The van der Waals surface area contributed by atoms with E-state index in [0.717, 1.165) is 6.42 Å². The minimum atomic E-state index is -1.83. The highest BCUT2D eigenvalue weighted by atomic mass is 16.4. The second kappa shape index (κ2) is 15.0. The van der Waals surface area contributed by atoms with Gasteiger partial charge in [-0.05, 0) is 55.4 Å². The Morgan fingerprint density at radius 1 is 0.938 bits per heavy atom. The van der Waals surface area contributed by atoms with Crippen molar-refractivity contribution in [2.45, 2.75) is 88.9 Å². The van der Waals surface area contributed by atoms with E-state index in [2.05, 4.69) is 31.6 Å². The first kappa shape index (κ1) is 36.2. The lowest BCUT2D eigenvalue weighted by Crippen LogP contribution is -2.69. The largest absolute Gasteiger partial charge is 0.481 e. The van der Waals surface area contributed by atoms with Crippen LogP contribution in [0.15, 0.2) is 35.3 Å². The molecule has 2 saturated carbocycles. The van der Waals surface area contributed by atoms with Gasteiger partial charge in [-0.1, -0.05) is 57.5 Å². The number of carbonyl (C=O) groups is 6. The fourth-order valence-corrected chi connectivity index (χ4v) is 7.18. The topological polar surface area (TPSA) is 247 Å². The maximum Gasteiger partial charge on any atom is 0.309 e. The molecule has 2 spiro atoms. The van der Waals surface area contributed by atoms with E-state index in [9.17, 15) is 33.9 Å². The molecule has 2 unspecified atom stereocenters. The fraction of sp³-hybridized carbons (Fsp3) is 0.606. The van der Waals surface area contributed by atoms with Crippen LogP contribution in [0, 0.1) is 23.7 Å². The maximum atomic E-state index is 14.6. The number of carboxylic acids is 1. The number of hydrogen-bond acceptors (Lipinski definition) is 7. The van der Waals surface area contributed by atoms with E-state index in [-0.39, 0.29) is 55.9 Å². The summed E-state index contributed by atoms with van der Waals surface area (Å²) in [7, 11) is 0. The molecule has 262 valence electrons. The first-order valence-electron chi connectivity index (χ1n) is 16.5. The van der Waals surface area contributed by atoms with Gasteiger partial charge in [0, 0.05) is 13.0 Å². The van der Waals surface area contributed by atoms with Crippen molar-refractivity contribution in [3.8, 4) is 0 Å². The zero-order valence-electron chi connectivity index (χ0n) is 27.7. The predicted octanol–water partition coefficient (Wildman–Crippen LogP) is -0.711. The Labute approximate surface area is 279 Å². The molecule has 15 heteroatoms. The molecule has 1 heterocycles. The molecule has 0 aromatic heterocycles. The van der Waals surface area contributed by atoms with Gasteiger partial charge in [0.2, 0.25) is 29.5 Å². The van der Waals surface area contributed by atoms with Crippen LogP contribution in [0.3, 0.4) is 0 Å². The van der Waals surface area contributed by atoms with Crippen LogP contribution in [0.1, 0.15) is 64.9 Å². The van der Waals surface area contributed by atoms with Crippen LogP contribution < -0.4 is 38.1 Å². The molecule has 2 aliphatic carbocycles. The quantitative estimate of drug-likeness (QED) is 0.0989. The molecule has 7 atom stereocenters. The number of hydrogen-bond donors (Lipinski definition) is 8. The second-order valence-corrected chi connectivity index (χ2v) is 13.7. The molecular weight excluding hydrogens is 620 g/mol. The number of nitrogens with two attached hydrogens (primary N) is 2. The molecular formula is C33H48N8O7. The Hall–Kier alpha value is -4.69. The van der Waals surface area contributed by atoms with Crippen LogP contribution in [0.25, 0.3) is 0 Å². The lowest BCUT2D eigenvalue weighted by molar-refractivity contribution is -0.143. The molecule has 4 rings (SSSR count). The molecule has 5 amide bonds. The molecule has 3 fully saturated rings. The predicted molar refractivity (Wildman–Crippen MR) is 176 cm³/mol. The Kier molecular flexibility index (Phi) is 11.3. The molecule has 0 bridgehead atoms. The number of aliphatic carboxylic acids is 1. The van der Waals surface area contributed by atoms with Crippen LogP contribution in [0.4, 0.5) is 0 Å². The third kappa shape index (κ3) is 8.23. The van der Waals surface area contributed by atoms with Gasteiger partial charge in [0.15, 0.2) is 5.96 Å². The van der Waals surface area contributed by atoms with E-state index in [1.54, 1.807) is 24.3 Å². The van der Waals surface area contributed by atoms with Crippen LogP contribution in [-0.2, 0) is 35.2 Å². The van der Waals surface area contributed by atoms with Gasteiger partial charge in [0.1, 0.15) is 23.2 Å². The van der Waals surface area contributed by atoms with E-state index in [1.807, 2.05) is 26.8 Å². The molecule has 3 aliphatic rings. The normalized spacial score (nSPS) is 31.4. The van der Waals surface area contributed by atoms with Gasteiger partial charge in [-0.15, -0.1) is 0 Å². The van der Waals surface area contributed by atoms with E-state index in [4.69, 9.17) is 11.5 Å². The number of carbonyl (C=O) groups excluding carboxylic acids is 5. The van der Waals surface area contributed by atoms with Crippen molar-refractivity contribution in [3.05, 3.63) is 35.9 Å². The van der Waals surface area contributed by atoms with Crippen molar-refractivity contribution >= 4 is 41.5 Å². The van der Waals surface area contributed by atoms with Gasteiger partial charge in [0.05, 0.1) is 12.5 Å². The highest BCUT2D eigenvalue weighted by Crippen LogP contribution is 2.44. The summed E-state index contributed by atoms with van der Waals surface area (Å²) in [4.78, 5) is 85.3. The molecule has 0 radical (unpaired) electrons. The molecule has 1 aliphatic heterocycles. The highest BCUT2D eigenvalue weighted by molar-refractivity contribution is 6.04. The number of nitrogens with one attached hydrogen (secondary N) is 5. The first-order valence-corrected chi connectivity index (χ1v) is 16.5. The maximum absolute atomic E-state index is 14.6. The molecule has 1 aromatic rings. The molecule has 1 aromatic carbocycles. The third-order valence-corrected chi connectivity index (χ3v) is 9.75. The summed E-state index contributed by atoms with van der Waals surface area (Å²) in [5.41, 5.74) is 8.34. The average Bonchev–Trinajstić information content (AvgIpc) is 3.76. The van der Waals surface area contributed by atoms with Gasteiger partial charge in [0.25, 0.3) is 0 Å². The van der Waals surface area contributed by atoms with Crippen LogP contribution in [0.2, 0.25) is 0 Å². The van der Waals surface area contributed by atoms with Gasteiger partial charge in [-0.25, -0.2) is 0 Å². The van der Waals surface area contributed by atoms with Gasteiger partial charge in [-0.2, -0.15) is 0 Å². The van der Waals surface area contributed by atoms with Crippen molar-refractivity contribution in [1.82, 2.24) is 26.6 Å². The monoisotopic (exact) mass is 668 g/mol. The number of aliphatic imine (C=N–C) groups is 1. The zero-order valence-corrected chi connectivity index (χ0v) is 27.7. The van der Waals surface area contributed by atoms with E-state index < -0.39 is 71.1 Å². The van der Waals surface area contributed by atoms with Crippen molar-refractivity contribution in [3.63, 3.8) is 0 Å². The van der Waals surface area contributed by atoms with Crippen LogP contribution in [-0.4, -0.2) is 82.8 Å². The molecule has 1 saturated heterocycles. The molecule has 48 heavy (non-hydrogen) atoms.